The molecule has 0 bridgehead atoms. The van der Waals surface area contributed by atoms with Crippen LogP contribution in [-0.4, -0.2) is 93.7 Å². The Morgan fingerprint density at radius 1 is 1.00 bits per heavy atom. The van der Waals surface area contributed by atoms with Crippen LogP contribution in [0.15, 0.2) is 18.2 Å². The summed E-state index contributed by atoms with van der Waals surface area (Å²) in [6.07, 6.45) is 0.0509. The van der Waals surface area contributed by atoms with Crippen LogP contribution in [0.1, 0.15) is 42.5 Å². The molecule has 0 aliphatic carbocycles. The Morgan fingerprint density at radius 2 is 1.62 bits per heavy atom. The second kappa shape index (κ2) is 10.4. The first kappa shape index (κ1) is 26.1. The van der Waals surface area contributed by atoms with Gasteiger partial charge in [-0.05, 0) is 50.3 Å². The molecule has 2 N–H and O–H groups in total. The van der Waals surface area contributed by atoms with E-state index >= 15 is 0 Å². The molecule has 1 aromatic rings. The van der Waals surface area contributed by atoms with Gasteiger partial charge in [-0.2, -0.15) is 13.2 Å². The molecule has 34 heavy (non-hydrogen) atoms. The number of alkyl halides is 3. The van der Waals surface area contributed by atoms with Gasteiger partial charge in [0.25, 0.3) is 5.91 Å². The third-order valence-electron chi connectivity index (χ3n) is 6.58. The third kappa shape index (κ3) is 5.93. The van der Waals surface area contributed by atoms with Crippen LogP contribution in [0.2, 0.25) is 5.02 Å². The number of likely N-dealkylation sites (tertiary alicyclic amines) is 3. The fourth-order valence-electron chi connectivity index (χ4n) is 4.67. The molecule has 12 heteroatoms. The van der Waals surface area contributed by atoms with E-state index in [9.17, 15) is 27.9 Å². The van der Waals surface area contributed by atoms with Crippen LogP contribution < -0.4 is 0 Å². The molecule has 1 atom stereocenters. The number of nitrogens with zero attached hydrogens (tertiary/aromatic N) is 3. The van der Waals surface area contributed by atoms with Crippen LogP contribution in [0.5, 0.6) is 5.75 Å². The van der Waals surface area contributed by atoms with Gasteiger partial charge in [-0.15, -0.1) is 0 Å². The molecule has 2 amide bonds. The maximum atomic E-state index is 12.9. The average molecular weight is 506 g/mol. The standard InChI is InChI=1S/C20H26ClN3O3.C2HF3O2/c21-15-4-5-16(17(25)12-15)19(27)23-10-3-6-20(14-23)7-11-24(20)13-18(26)22-8-1-2-9-22;3-2(4,5)1(6)7/h4-5,12,25H,1-3,6-11,13-14H2;(H,6,7). The van der Waals surface area contributed by atoms with Crippen molar-refractivity contribution in [2.75, 3.05) is 39.3 Å². The second-order valence-corrected chi connectivity index (χ2v) is 9.21. The van der Waals surface area contributed by atoms with Gasteiger partial charge >= 0.3 is 12.1 Å². The van der Waals surface area contributed by atoms with Gasteiger partial charge in [0.1, 0.15) is 5.75 Å². The van der Waals surface area contributed by atoms with Gasteiger partial charge in [-0.25, -0.2) is 4.79 Å². The molecule has 3 fully saturated rings. The summed E-state index contributed by atoms with van der Waals surface area (Å²) < 4.78 is 31.7. The number of carbonyl (C=O) groups is 3. The first-order chi connectivity index (χ1) is 15.9. The van der Waals surface area contributed by atoms with Crippen LogP contribution >= 0.6 is 11.6 Å². The average Bonchev–Trinajstić information content (AvgIpc) is 3.31. The van der Waals surface area contributed by atoms with E-state index in [2.05, 4.69) is 4.90 Å². The van der Waals surface area contributed by atoms with Crippen molar-refractivity contribution in [1.29, 1.82) is 0 Å². The topological polar surface area (TPSA) is 101 Å². The van der Waals surface area contributed by atoms with E-state index < -0.39 is 12.1 Å². The lowest BCUT2D eigenvalue weighted by molar-refractivity contribution is -0.192. The molecule has 3 aliphatic heterocycles. The summed E-state index contributed by atoms with van der Waals surface area (Å²) in [4.78, 5) is 40.4. The lowest BCUT2D eigenvalue weighted by Gasteiger charge is -2.57. The second-order valence-electron chi connectivity index (χ2n) is 8.78. The maximum absolute atomic E-state index is 12.9. The number of hydrogen-bond acceptors (Lipinski definition) is 5. The van der Waals surface area contributed by atoms with Crippen molar-refractivity contribution in [3.63, 3.8) is 0 Å². The Labute approximate surface area is 199 Å². The fourth-order valence-corrected chi connectivity index (χ4v) is 4.83. The number of carboxylic acids is 1. The lowest BCUT2D eigenvalue weighted by atomic mass is 9.77. The number of carbonyl (C=O) groups excluding carboxylic acids is 2. The summed E-state index contributed by atoms with van der Waals surface area (Å²) in [7, 11) is 0. The molecule has 8 nitrogen and oxygen atoms in total. The highest BCUT2D eigenvalue weighted by Crippen LogP contribution is 2.39. The molecule has 0 aromatic heterocycles. The molecule has 188 valence electrons. The molecule has 3 saturated heterocycles. The van der Waals surface area contributed by atoms with Crippen molar-refractivity contribution in [2.24, 2.45) is 0 Å². The van der Waals surface area contributed by atoms with Gasteiger partial charge in [0, 0.05) is 43.3 Å². The van der Waals surface area contributed by atoms with E-state index in [1.165, 1.54) is 6.07 Å². The van der Waals surface area contributed by atoms with E-state index in [4.69, 9.17) is 21.5 Å². The van der Waals surface area contributed by atoms with Gasteiger partial charge in [0.2, 0.25) is 5.91 Å². The largest absolute Gasteiger partial charge is 0.507 e. The number of piperidine rings is 1. The molecule has 1 unspecified atom stereocenters. The Hall–Kier alpha value is -2.53. The van der Waals surface area contributed by atoms with Gasteiger partial charge in [0.15, 0.2) is 0 Å². The first-order valence-corrected chi connectivity index (χ1v) is 11.4. The monoisotopic (exact) mass is 505 g/mol. The number of aliphatic carboxylic acids is 1. The van der Waals surface area contributed by atoms with Crippen LogP contribution in [-0.2, 0) is 9.59 Å². The highest BCUT2D eigenvalue weighted by molar-refractivity contribution is 6.30. The Morgan fingerprint density at radius 3 is 2.15 bits per heavy atom. The summed E-state index contributed by atoms with van der Waals surface area (Å²) in [5.74, 6) is -2.79. The molecule has 4 rings (SSSR count). The van der Waals surface area contributed by atoms with Crippen molar-refractivity contribution in [2.45, 2.75) is 43.8 Å². The van der Waals surface area contributed by atoms with E-state index in [-0.39, 0.29) is 28.7 Å². The fraction of sp³-hybridized carbons (Fsp3) is 0.591. The molecule has 1 spiro atoms. The van der Waals surface area contributed by atoms with Gasteiger partial charge < -0.3 is 20.0 Å². The minimum absolute atomic E-state index is 0.0817. The smallest absolute Gasteiger partial charge is 0.490 e. The predicted molar refractivity (Wildman–Crippen MR) is 117 cm³/mol. The number of halogens is 4. The zero-order valence-corrected chi connectivity index (χ0v) is 19.2. The van der Waals surface area contributed by atoms with Crippen LogP contribution in [0, 0.1) is 0 Å². The van der Waals surface area contributed by atoms with Crippen LogP contribution in [0.4, 0.5) is 13.2 Å². The number of amides is 2. The van der Waals surface area contributed by atoms with Crippen molar-refractivity contribution < 1.29 is 37.8 Å². The third-order valence-corrected chi connectivity index (χ3v) is 6.81. The van der Waals surface area contributed by atoms with Crippen molar-refractivity contribution in [3.05, 3.63) is 28.8 Å². The highest BCUT2D eigenvalue weighted by atomic mass is 35.5. The highest BCUT2D eigenvalue weighted by Gasteiger charge is 2.49. The van der Waals surface area contributed by atoms with Crippen LogP contribution in [0.25, 0.3) is 0 Å². The minimum atomic E-state index is -5.08. The number of phenolic OH excluding ortho intramolecular Hbond substituents is 1. The van der Waals surface area contributed by atoms with E-state index in [0.29, 0.717) is 24.7 Å². The quantitative estimate of drug-likeness (QED) is 0.655. The van der Waals surface area contributed by atoms with Crippen LogP contribution in [0.3, 0.4) is 0 Å². The van der Waals surface area contributed by atoms with Crippen molar-refractivity contribution in [3.8, 4) is 5.75 Å². The van der Waals surface area contributed by atoms with Crippen molar-refractivity contribution in [1.82, 2.24) is 14.7 Å². The molecule has 0 saturated carbocycles. The van der Waals surface area contributed by atoms with Gasteiger partial charge in [0.05, 0.1) is 12.1 Å². The number of carboxylic acid groups (broad SMARTS) is 1. The molecule has 0 radical (unpaired) electrons. The summed E-state index contributed by atoms with van der Waals surface area (Å²) >= 11 is 5.88. The molecule has 1 aromatic carbocycles. The number of benzene rings is 1. The molecule has 3 heterocycles. The maximum Gasteiger partial charge on any atom is 0.490 e. The first-order valence-electron chi connectivity index (χ1n) is 11.0. The van der Waals surface area contributed by atoms with Crippen molar-refractivity contribution >= 4 is 29.4 Å². The Balaban J connectivity index is 0.000000406. The summed E-state index contributed by atoms with van der Waals surface area (Å²) in [6.45, 7) is 4.40. The normalized spacial score (nSPS) is 22.7. The number of rotatable bonds is 3. The summed E-state index contributed by atoms with van der Waals surface area (Å²) in [6, 6.07) is 4.61. The summed E-state index contributed by atoms with van der Waals surface area (Å²) in [5.41, 5.74) is 0.196. The number of hydrogen-bond donors (Lipinski definition) is 2. The Bertz CT molecular complexity index is 939. The molecule has 3 aliphatic rings. The van der Waals surface area contributed by atoms with Gasteiger partial charge in [-0.3, -0.25) is 14.5 Å². The van der Waals surface area contributed by atoms with Gasteiger partial charge in [-0.1, -0.05) is 11.6 Å². The van der Waals surface area contributed by atoms with E-state index in [1.54, 1.807) is 12.1 Å². The Kier molecular flexibility index (Phi) is 7.97. The molecular weight excluding hydrogens is 479 g/mol. The summed E-state index contributed by atoms with van der Waals surface area (Å²) in [5, 5.41) is 17.6. The zero-order chi connectivity index (χ0) is 25.1. The number of aromatic hydroxyl groups is 1. The van der Waals surface area contributed by atoms with E-state index in [1.807, 2.05) is 9.80 Å². The molecular formula is C22H27ClF3N3O5. The minimum Gasteiger partial charge on any atom is -0.507 e. The predicted octanol–water partition coefficient (Wildman–Crippen LogP) is 2.98. The lowest BCUT2D eigenvalue weighted by Crippen LogP contribution is -2.68. The SMILES string of the molecule is O=C(CN1CCC12CCCN(C(=O)c1ccc(Cl)cc1O)C2)N1CCCC1.O=C(O)C(F)(F)F. The number of phenols is 1. The zero-order valence-electron chi connectivity index (χ0n) is 18.5. The van der Waals surface area contributed by atoms with E-state index in [0.717, 1.165) is 51.7 Å².